The van der Waals surface area contributed by atoms with Gasteiger partial charge in [-0.3, -0.25) is 9.80 Å². The highest BCUT2D eigenvalue weighted by atomic mass is 16.5. The van der Waals surface area contributed by atoms with Crippen molar-refractivity contribution in [2.45, 2.75) is 103 Å². The Bertz CT molecular complexity index is 692. The van der Waals surface area contributed by atoms with E-state index in [1.807, 2.05) is 63.3 Å². The third kappa shape index (κ3) is 6.97. The third-order valence-electron chi connectivity index (χ3n) is 6.69. The largest absolute Gasteiger partial charge is 0.387 e. The number of hydrogen-bond acceptors (Lipinski definition) is 7. The number of aliphatic hydroxyl groups is 3. The molecule has 7 heteroatoms. The summed E-state index contributed by atoms with van der Waals surface area (Å²) in [4.78, 5) is 4.03. The molecule has 0 bridgehead atoms. The van der Waals surface area contributed by atoms with E-state index in [1.165, 1.54) is 0 Å². The molecule has 1 heterocycles. The first-order chi connectivity index (χ1) is 14.7. The smallest absolute Gasteiger partial charge is 0.225 e. The van der Waals surface area contributed by atoms with Crippen LogP contribution >= 0.6 is 0 Å². The highest BCUT2D eigenvalue weighted by Crippen LogP contribution is 2.31. The Kier molecular flexibility index (Phi) is 9.27. The second-order valence-electron chi connectivity index (χ2n) is 10.6. The van der Waals surface area contributed by atoms with Crippen LogP contribution in [0, 0.1) is 5.92 Å². The molecule has 0 radical (unpaired) electrons. The molecule has 0 amide bonds. The first kappa shape index (κ1) is 27.2. The van der Waals surface area contributed by atoms with Crippen molar-refractivity contribution in [3.63, 3.8) is 0 Å². The quantitative estimate of drug-likeness (QED) is 0.386. The van der Waals surface area contributed by atoms with Crippen LogP contribution in [0.25, 0.3) is 0 Å². The topological polar surface area (TPSA) is 82.4 Å². The second kappa shape index (κ2) is 10.9. The lowest BCUT2D eigenvalue weighted by Gasteiger charge is -2.44. The third-order valence-corrected chi connectivity index (χ3v) is 6.69. The number of benzene rings is 1. The summed E-state index contributed by atoms with van der Waals surface area (Å²) >= 11 is 0. The Hall–Kier alpha value is -1.06. The van der Waals surface area contributed by atoms with Gasteiger partial charge in [-0.1, -0.05) is 44.2 Å². The Labute approximate surface area is 195 Å². The minimum Gasteiger partial charge on any atom is -0.387 e. The van der Waals surface area contributed by atoms with Crippen molar-refractivity contribution >= 4 is 0 Å². The highest BCUT2D eigenvalue weighted by Gasteiger charge is 2.46. The number of aryl methyl sites for hydroxylation is 1. The van der Waals surface area contributed by atoms with Crippen LogP contribution in [0.1, 0.15) is 66.4 Å². The molecule has 0 saturated carbocycles. The van der Waals surface area contributed by atoms with Gasteiger partial charge in [0.2, 0.25) is 5.91 Å². The van der Waals surface area contributed by atoms with E-state index < -0.39 is 11.5 Å². The molecule has 1 saturated heterocycles. The van der Waals surface area contributed by atoms with Crippen molar-refractivity contribution < 1.29 is 15.3 Å². The van der Waals surface area contributed by atoms with Crippen LogP contribution in [0.5, 0.6) is 0 Å². The molecule has 2 rings (SSSR count). The standard InChI is InChI=1S/C25H46N4O3/c1-18(2)16-22(27(7)25(31,32)15-14-21-12-10-9-11-13-21)17-19(3)29-20(4)26-28(8)23(29)24(5,6)30/h9-13,18-20,22-23,26,30-32H,14-17H2,1-8H3. The zero-order valence-corrected chi connectivity index (χ0v) is 21.3. The van der Waals surface area contributed by atoms with E-state index in [-0.39, 0.29) is 30.8 Å². The Morgan fingerprint density at radius 3 is 2.19 bits per heavy atom. The second-order valence-corrected chi connectivity index (χ2v) is 10.6. The predicted molar refractivity (Wildman–Crippen MR) is 129 cm³/mol. The maximum atomic E-state index is 11.0. The molecule has 0 aromatic heterocycles. The maximum absolute atomic E-state index is 11.0. The molecule has 0 aliphatic carbocycles. The maximum Gasteiger partial charge on any atom is 0.225 e. The molecular weight excluding hydrogens is 404 g/mol. The molecule has 184 valence electrons. The van der Waals surface area contributed by atoms with Crippen LogP contribution in [-0.4, -0.2) is 80.2 Å². The summed E-state index contributed by atoms with van der Waals surface area (Å²) < 4.78 is 0. The first-order valence-electron chi connectivity index (χ1n) is 11.9. The molecule has 0 spiro atoms. The summed E-state index contributed by atoms with van der Waals surface area (Å²) in [5.41, 5.74) is 3.59. The summed E-state index contributed by atoms with van der Waals surface area (Å²) in [5, 5.41) is 34.8. The zero-order chi connectivity index (χ0) is 24.3. The number of likely N-dealkylation sites (N-methyl/N-ethyl adjacent to an activating group) is 1. The van der Waals surface area contributed by atoms with Crippen LogP contribution in [-0.2, 0) is 6.42 Å². The Morgan fingerprint density at radius 1 is 1.06 bits per heavy atom. The molecule has 1 aromatic rings. The zero-order valence-electron chi connectivity index (χ0n) is 21.3. The summed E-state index contributed by atoms with van der Waals surface area (Å²) in [5.74, 6) is -1.47. The van der Waals surface area contributed by atoms with E-state index in [0.29, 0.717) is 12.3 Å². The minimum atomic E-state index is -1.89. The number of nitrogens with zero attached hydrogens (tertiary/aromatic N) is 3. The van der Waals surface area contributed by atoms with Gasteiger partial charge in [-0.15, -0.1) is 0 Å². The van der Waals surface area contributed by atoms with Crippen molar-refractivity contribution in [3.8, 4) is 0 Å². The van der Waals surface area contributed by atoms with Crippen molar-refractivity contribution in [1.82, 2.24) is 20.2 Å². The van der Waals surface area contributed by atoms with Gasteiger partial charge in [0.05, 0.1) is 11.8 Å². The van der Waals surface area contributed by atoms with E-state index >= 15 is 0 Å². The van der Waals surface area contributed by atoms with Crippen LogP contribution in [0.3, 0.4) is 0 Å². The van der Waals surface area contributed by atoms with Crippen LogP contribution < -0.4 is 5.43 Å². The lowest BCUT2D eigenvalue weighted by molar-refractivity contribution is -0.273. The summed E-state index contributed by atoms with van der Waals surface area (Å²) in [6.07, 6.45) is 2.35. The van der Waals surface area contributed by atoms with Crippen molar-refractivity contribution in [2.75, 3.05) is 14.1 Å². The fourth-order valence-electron chi connectivity index (χ4n) is 5.20. The van der Waals surface area contributed by atoms with E-state index in [1.54, 1.807) is 4.90 Å². The van der Waals surface area contributed by atoms with Gasteiger partial charge in [-0.2, -0.15) is 0 Å². The van der Waals surface area contributed by atoms with Gasteiger partial charge >= 0.3 is 0 Å². The highest BCUT2D eigenvalue weighted by molar-refractivity contribution is 5.14. The average molecular weight is 451 g/mol. The fourth-order valence-corrected chi connectivity index (χ4v) is 5.20. The van der Waals surface area contributed by atoms with E-state index in [4.69, 9.17) is 0 Å². The van der Waals surface area contributed by atoms with Gasteiger partial charge in [-0.25, -0.2) is 10.4 Å². The van der Waals surface area contributed by atoms with Gasteiger partial charge < -0.3 is 15.3 Å². The molecule has 1 aromatic carbocycles. The average Bonchev–Trinajstić information content (AvgIpc) is 3.00. The van der Waals surface area contributed by atoms with Crippen LogP contribution in [0.2, 0.25) is 0 Å². The van der Waals surface area contributed by atoms with Gasteiger partial charge in [0.25, 0.3) is 0 Å². The molecule has 4 unspecified atom stereocenters. The van der Waals surface area contributed by atoms with Gasteiger partial charge in [0.1, 0.15) is 6.17 Å². The number of nitrogens with one attached hydrogen (secondary N) is 1. The van der Waals surface area contributed by atoms with Crippen LogP contribution in [0.15, 0.2) is 30.3 Å². The lowest BCUT2D eigenvalue weighted by atomic mass is 9.93. The molecule has 1 aliphatic heterocycles. The minimum absolute atomic E-state index is 0.0173. The fraction of sp³-hybridized carbons (Fsp3) is 0.760. The van der Waals surface area contributed by atoms with E-state index in [2.05, 4.69) is 38.0 Å². The van der Waals surface area contributed by atoms with E-state index in [9.17, 15) is 15.3 Å². The molecule has 4 atom stereocenters. The number of hydrazine groups is 1. The Balaban J connectivity index is 2.15. The SMILES string of the molecule is CC(C)CC(CC(C)N1C(C)NN(C)C1C(C)(C)O)N(C)C(O)(O)CCc1ccccc1. The summed E-state index contributed by atoms with van der Waals surface area (Å²) in [7, 11) is 3.77. The van der Waals surface area contributed by atoms with Gasteiger partial charge in [-0.05, 0) is 65.5 Å². The summed E-state index contributed by atoms with van der Waals surface area (Å²) in [6, 6.07) is 10.0. The normalized spacial score (nSPS) is 23.3. The molecule has 1 fully saturated rings. The van der Waals surface area contributed by atoms with Crippen molar-refractivity contribution in [2.24, 2.45) is 5.92 Å². The van der Waals surface area contributed by atoms with Crippen molar-refractivity contribution in [3.05, 3.63) is 35.9 Å². The van der Waals surface area contributed by atoms with Gasteiger partial charge in [0.15, 0.2) is 0 Å². The van der Waals surface area contributed by atoms with Crippen LogP contribution in [0.4, 0.5) is 0 Å². The lowest BCUT2D eigenvalue weighted by Crippen LogP contribution is -2.58. The predicted octanol–water partition coefficient (Wildman–Crippen LogP) is 2.58. The number of hydrogen-bond donors (Lipinski definition) is 4. The summed E-state index contributed by atoms with van der Waals surface area (Å²) in [6.45, 7) is 12.3. The molecule has 4 N–H and O–H groups in total. The molecular formula is C25H46N4O3. The molecule has 32 heavy (non-hydrogen) atoms. The van der Waals surface area contributed by atoms with E-state index in [0.717, 1.165) is 18.4 Å². The Morgan fingerprint density at radius 2 is 1.66 bits per heavy atom. The van der Waals surface area contributed by atoms with Crippen molar-refractivity contribution in [1.29, 1.82) is 0 Å². The first-order valence-corrected chi connectivity index (χ1v) is 11.9. The van der Waals surface area contributed by atoms with Gasteiger partial charge in [0, 0.05) is 25.6 Å². The molecule has 7 nitrogen and oxygen atoms in total. The number of rotatable bonds is 11. The monoisotopic (exact) mass is 450 g/mol. The molecule has 1 aliphatic rings.